The molecule has 2 rings (SSSR count). The summed E-state index contributed by atoms with van der Waals surface area (Å²) in [5, 5.41) is 9.43. The number of aromatic nitrogens is 1. The van der Waals surface area contributed by atoms with Gasteiger partial charge in [0.15, 0.2) is 0 Å². The number of hydrogen-bond donors (Lipinski definition) is 0. The van der Waals surface area contributed by atoms with E-state index in [1.54, 1.807) is 29.9 Å². The number of para-hydroxylation sites is 1. The Labute approximate surface area is 74.8 Å². The maximum Gasteiger partial charge on any atom is 0.147 e. The molecule has 0 spiro atoms. The fourth-order valence-electron chi connectivity index (χ4n) is 1.51. The minimum Gasteiger partial charge on any atom is -0.347 e. The Hall–Kier alpha value is -1.82. The van der Waals surface area contributed by atoms with E-state index in [-0.39, 0.29) is 5.82 Å². The lowest BCUT2D eigenvalue weighted by Gasteiger charge is -1.95. The van der Waals surface area contributed by atoms with Gasteiger partial charge in [0, 0.05) is 18.6 Å². The molecule has 2 nitrogen and oxygen atoms in total. The molecule has 0 radical (unpaired) electrons. The van der Waals surface area contributed by atoms with Gasteiger partial charge in [0.05, 0.1) is 11.1 Å². The number of nitrogens with zero attached hydrogens (tertiary/aromatic N) is 2. The fraction of sp³-hybridized carbons (Fsp3) is 0.100. The van der Waals surface area contributed by atoms with Crippen LogP contribution in [0.4, 0.5) is 4.39 Å². The van der Waals surface area contributed by atoms with Crippen molar-refractivity contribution >= 4 is 10.9 Å². The van der Waals surface area contributed by atoms with Crippen molar-refractivity contribution < 1.29 is 4.39 Å². The lowest BCUT2D eigenvalue weighted by Crippen LogP contribution is -1.86. The highest BCUT2D eigenvalue weighted by molar-refractivity contribution is 5.86. The molecule has 0 aliphatic rings. The molecule has 1 aromatic carbocycles. The van der Waals surface area contributed by atoms with Crippen molar-refractivity contribution in [1.29, 1.82) is 5.26 Å². The number of aryl methyl sites for hydroxylation is 1. The lowest BCUT2D eigenvalue weighted by atomic mass is 10.2. The normalized spacial score (nSPS) is 10.2. The minimum atomic E-state index is -0.290. The molecule has 1 aromatic heterocycles. The molecule has 0 saturated heterocycles. The van der Waals surface area contributed by atoms with Gasteiger partial charge in [-0.05, 0) is 6.07 Å². The maximum absolute atomic E-state index is 13.3. The van der Waals surface area contributed by atoms with Crippen LogP contribution in [0, 0.1) is 17.1 Å². The third-order valence-corrected chi connectivity index (χ3v) is 2.07. The first kappa shape index (κ1) is 7.81. The van der Waals surface area contributed by atoms with Crippen molar-refractivity contribution in [3.05, 3.63) is 35.8 Å². The third kappa shape index (κ3) is 0.994. The average Bonchev–Trinajstić information content (AvgIpc) is 2.44. The van der Waals surface area contributed by atoms with Gasteiger partial charge in [-0.25, -0.2) is 4.39 Å². The van der Waals surface area contributed by atoms with E-state index >= 15 is 0 Å². The molecule has 2 aromatic rings. The summed E-state index contributed by atoms with van der Waals surface area (Å²) in [7, 11) is 1.73. The minimum absolute atomic E-state index is 0.290. The predicted octanol–water partition coefficient (Wildman–Crippen LogP) is 2.19. The SMILES string of the molecule is Cn1cc(C#N)c2cccc(F)c21. The molecule has 64 valence electrons. The molecular formula is C10H7FN2. The van der Waals surface area contributed by atoms with Gasteiger partial charge in [-0.1, -0.05) is 12.1 Å². The van der Waals surface area contributed by atoms with Gasteiger partial charge in [0.1, 0.15) is 11.9 Å². The molecule has 0 unspecified atom stereocenters. The molecule has 0 N–H and O–H groups in total. The second-order valence-corrected chi connectivity index (χ2v) is 2.90. The molecule has 0 bridgehead atoms. The van der Waals surface area contributed by atoms with Gasteiger partial charge in [0.25, 0.3) is 0 Å². The highest BCUT2D eigenvalue weighted by Gasteiger charge is 2.08. The summed E-state index contributed by atoms with van der Waals surface area (Å²) in [6.45, 7) is 0. The number of nitriles is 1. The lowest BCUT2D eigenvalue weighted by molar-refractivity contribution is 0.632. The monoisotopic (exact) mass is 174 g/mol. The highest BCUT2D eigenvalue weighted by Crippen LogP contribution is 2.21. The molecule has 0 aliphatic heterocycles. The number of hydrogen-bond acceptors (Lipinski definition) is 1. The molecule has 3 heteroatoms. The zero-order valence-corrected chi connectivity index (χ0v) is 7.08. The van der Waals surface area contributed by atoms with Crippen LogP contribution in [0.15, 0.2) is 24.4 Å². The number of benzene rings is 1. The van der Waals surface area contributed by atoms with Gasteiger partial charge < -0.3 is 4.57 Å². The Morgan fingerprint density at radius 3 is 2.92 bits per heavy atom. The molecule has 0 atom stereocenters. The van der Waals surface area contributed by atoms with Crippen molar-refractivity contribution in [1.82, 2.24) is 4.57 Å². The number of halogens is 1. The Balaban J connectivity index is 2.98. The Morgan fingerprint density at radius 2 is 2.23 bits per heavy atom. The summed E-state index contributed by atoms with van der Waals surface area (Å²) in [5.41, 5.74) is 0.996. The highest BCUT2D eigenvalue weighted by atomic mass is 19.1. The van der Waals surface area contributed by atoms with Crippen LogP contribution in [0.25, 0.3) is 10.9 Å². The second kappa shape index (κ2) is 2.60. The van der Waals surface area contributed by atoms with Crippen molar-refractivity contribution in [2.75, 3.05) is 0 Å². The van der Waals surface area contributed by atoms with Crippen LogP contribution in [0.5, 0.6) is 0 Å². The van der Waals surface area contributed by atoms with Crippen LogP contribution < -0.4 is 0 Å². The number of fused-ring (bicyclic) bond motifs is 1. The Kier molecular flexibility index (Phi) is 1.56. The Bertz CT molecular complexity index is 505. The van der Waals surface area contributed by atoms with Crippen LogP contribution >= 0.6 is 0 Å². The van der Waals surface area contributed by atoms with E-state index in [0.29, 0.717) is 16.5 Å². The summed E-state index contributed by atoms with van der Waals surface area (Å²) in [4.78, 5) is 0. The van der Waals surface area contributed by atoms with Gasteiger partial charge in [0.2, 0.25) is 0 Å². The largest absolute Gasteiger partial charge is 0.347 e. The summed E-state index contributed by atoms with van der Waals surface area (Å²) in [5.74, 6) is -0.290. The van der Waals surface area contributed by atoms with E-state index in [4.69, 9.17) is 5.26 Å². The zero-order valence-electron chi connectivity index (χ0n) is 7.08. The first-order chi connectivity index (χ1) is 6.24. The maximum atomic E-state index is 13.3. The molecular weight excluding hydrogens is 167 g/mol. The van der Waals surface area contributed by atoms with Crippen LogP contribution in [-0.4, -0.2) is 4.57 Å². The smallest absolute Gasteiger partial charge is 0.147 e. The Morgan fingerprint density at radius 1 is 1.46 bits per heavy atom. The van der Waals surface area contributed by atoms with E-state index < -0.39 is 0 Å². The van der Waals surface area contributed by atoms with E-state index in [9.17, 15) is 4.39 Å². The van der Waals surface area contributed by atoms with Crippen LogP contribution in [0.3, 0.4) is 0 Å². The number of rotatable bonds is 0. The van der Waals surface area contributed by atoms with Crippen molar-refractivity contribution in [3.63, 3.8) is 0 Å². The third-order valence-electron chi connectivity index (χ3n) is 2.07. The zero-order chi connectivity index (χ0) is 9.42. The van der Waals surface area contributed by atoms with Crippen molar-refractivity contribution in [2.45, 2.75) is 0 Å². The average molecular weight is 174 g/mol. The summed E-state index contributed by atoms with van der Waals surface area (Å²) < 4.78 is 14.9. The van der Waals surface area contributed by atoms with Crippen LogP contribution in [0.1, 0.15) is 5.56 Å². The topological polar surface area (TPSA) is 28.7 Å². The second-order valence-electron chi connectivity index (χ2n) is 2.90. The summed E-state index contributed by atoms with van der Waals surface area (Å²) >= 11 is 0. The van der Waals surface area contributed by atoms with E-state index in [1.807, 2.05) is 6.07 Å². The molecule has 13 heavy (non-hydrogen) atoms. The van der Waals surface area contributed by atoms with Crippen LogP contribution in [0.2, 0.25) is 0 Å². The summed E-state index contributed by atoms with van der Waals surface area (Å²) in [6, 6.07) is 6.78. The fourth-order valence-corrected chi connectivity index (χ4v) is 1.51. The molecule has 0 aliphatic carbocycles. The standard InChI is InChI=1S/C10H7FN2/c1-13-6-7(5-12)8-3-2-4-9(11)10(8)13/h2-4,6H,1H3. The first-order valence-corrected chi connectivity index (χ1v) is 3.87. The first-order valence-electron chi connectivity index (χ1n) is 3.87. The van der Waals surface area contributed by atoms with Gasteiger partial charge >= 0.3 is 0 Å². The van der Waals surface area contributed by atoms with Crippen molar-refractivity contribution in [2.24, 2.45) is 7.05 Å². The van der Waals surface area contributed by atoms with Gasteiger partial charge in [-0.2, -0.15) is 5.26 Å². The van der Waals surface area contributed by atoms with Gasteiger partial charge in [-0.3, -0.25) is 0 Å². The quantitative estimate of drug-likeness (QED) is 0.601. The molecule has 0 saturated carbocycles. The van der Waals surface area contributed by atoms with E-state index in [2.05, 4.69) is 0 Å². The predicted molar refractivity (Wildman–Crippen MR) is 47.6 cm³/mol. The van der Waals surface area contributed by atoms with Gasteiger partial charge in [-0.15, -0.1) is 0 Å². The molecule has 0 fully saturated rings. The van der Waals surface area contributed by atoms with Crippen molar-refractivity contribution in [3.8, 4) is 6.07 Å². The van der Waals surface area contributed by atoms with Crippen LogP contribution in [-0.2, 0) is 7.05 Å². The van der Waals surface area contributed by atoms with E-state index in [1.165, 1.54) is 6.07 Å². The molecule has 0 amide bonds. The van der Waals surface area contributed by atoms with E-state index in [0.717, 1.165) is 0 Å². The summed E-state index contributed by atoms with van der Waals surface area (Å²) in [6.07, 6.45) is 1.63. The molecule has 1 heterocycles.